The van der Waals surface area contributed by atoms with Crippen LogP contribution in [0.3, 0.4) is 0 Å². The highest BCUT2D eigenvalue weighted by atomic mass is 16.3. The van der Waals surface area contributed by atoms with Crippen LogP contribution in [0.25, 0.3) is 5.69 Å². The van der Waals surface area contributed by atoms with Gasteiger partial charge in [-0.25, -0.2) is 4.68 Å². The summed E-state index contributed by atoms with van der Waals surface area (Å²) >= 11 is 0. The number of aromatic nitrogens is 2. The molecule has 28 heavy (non-hydrogen) atoms. The van der Waals surface area contributed by atoms with Crippen LogP contribution in [0.5, 0.6) is 0 Å². The van der Waals surface area contributed by atoms with Crippen molar-refractivity contribution in [1.29, 1.82) is 0 Å². The Morgan fingerprint density at radius 3 is 2.50 bits per heavy atom. The van der Waals surface area contributed by atoms with Crippen molar-refractivity contribution in [3.8, 4) is 5.69 Å². The first-order valence-electron chi connectivity index (χ1n) is 9.83. The average molecular weight is 378 g/mol. The molecule has 1 aliphatic heterocycles. The molecule has 0 atom stereocenters. The number of carbonyl (C=O) groups excluding carboxylic acids is 1. The Balaban J connectivity index is 1.46. The lowest BCUT2D eigenvalue weighted by Gasteiger charge is -2.34. The molecule has 1 saturated heterocycles. The van der Waals surface area contributed by atoms with Crippen LogP contribution in [-0.2, 0) is 13.0 Å². The van der Waals surface area contributed by atoms with Crippen molar-refractivity contribution in [2.24, 2.45) is 0 Å². The summed E-state index contributed by atoms with van der Waals surface area (Å²) in [5.74, 6) is 1.04. The minimum atomic E-state index is 0.0767. The van der Waals surface area contributed by atoms with Crippen LogP contribution in [0, 0.1) is 6.92 Å². The van der Waals surface area contributed by atoms with E-state index in [0.717, 1.165) is 56.3 Å². The van der Waals surface area contributed by atoms with Crippen molar-refractivity contribution in [3.05, 3.63) is 71.4 Å². The highest BCUT2D eigenvalue weighted by Crippen LogP contribution is 2.19. The highest BCUT2D eigenvalue weighted by Gasteiger charge is 2.26. The van der Waals surface area contributed by atoms with Gasteiger partial charge in [-0.15, -0.1) is 0 Å². The lowest BCUT2D eigenvalue weighted by atomic mass is 10.1. The van der Waals surface area contributed by atoms with Crippen molar-refractivity contribution >= 4 is 5.91 Å². The van der Waals surface area contributed by atoms with Gasteiger partial charge in [-0.2, -0.15) is 5.10 Å². The molecule has 3 heterocycles. The maximum absolute atomic E-state index is 13.1. The molecule has 3 aromatic rings. The molecule has 4 rings (SSSR count). The van der Waals surface area contributed by atoms with Crippen molar-refractivity contribution in [1.82, 2.24) is 19.6 Å². The molecule has 1 amide bonds. The third-order valence-corrected chi connectivity index (χ3v) is 5.33. The van der Waals surface area contributed by atoms with E-state index in [4.69, 9.17) is 4.42 Å². The van der Waals surface area contributed by atoms with Crippen LogP contribution in [0.1, 0.15) is 34.3 Å². The van der Waals surface area contributed by atoms with E-state index >= 15 is 0 Å². The van der Waals surface area contributed by atoms with Gasteiger partial charge < -0.3 is 9.32 Å². The van der Waals surface area contributed by atoms with E-state index < -0.39 is 0 Å². The lowest BCUT2D eigenvalue weighted by molar-refractivity contribution is 0.0619. The molecule has 2 aromatic heterocycles. The van der Waals surface area contributed by atoms with Crippen LogP contribution in [0.4, 0.5) is 0 Å². The molecular formula is C22H26N4O2. The van der Waals surface area contributed by atoms with Crippen molar-refractivity contribution in [2.45, 2.75) is 26.8 Å². The average Bonchev–Trinajstić information content (AvgIpc) is 3.38. The molecule has 0 bridgehead atoms. The van der Waals surface area contributed by atoms with Gasteiger partial charge in [0.25, 0.3) is 5.91 Å². The predicted octanol–water partition coefficient (Wildman–Crippen LogP) is 3.29. The summed E-state index contributed by atoms with van der Waals surface area (Å²) in [5.41, 5.74) is 3.87. The summed E-state index contributed by atoms with van der Waals surface area (Å²) < 4.78 is 7.32. The molecule has 0 unspecified atom stereocenters. The fraction of sp³-hybridized carbons (Fsp3) is 0.364. The van der Waals surface area contributed by atoms with E-state index in [9.17, 15) is 4.79 Å². The largest absolute Gasteiger partial charge is 0.468 e. The van der Waals surface area contributed by atoms with Gasteiger partial charge in [0.15, 0.2) is 0 Å². The van der Waals surface area contributed by atoms with Gasteiger partial charge >= 0.3 is 0 Å². The molecule has 1 fully saturated rings. The summed E-state index contributed by atoms with van der Waals surface area (Å²) in [6.45, 7) is 8.06. The number of piperazine rings is 1. The molecule has 0 saturated carbocycles. The maximum Gasteiger partial charge on any atom is 0.257 e. The van der Waals surface area contributed by atoms with Crippen molar-refractivity contribution in [3.63, 3.8) is 0 Å². The first-order chi connectivity index (χ1) is 13.7. The molecule has 146 valence electrons. The highest BCUT2D eigenvalue weighted by molar-refractivity contribution is 5.95. The van der Waals surface area contributed by atoms with Crippen LogP contribution in [0.15, 0.2) is 53.3 Å². The van der Waals surface area contributed by atoms with E-state index in [0.29, 0.717) is 5.56 Å². The van der Waals surface area contributed by atoms with Crippen molar-refractivity contribution < 1.29 is 9.21 Å². The number of aryl methyl sites for hydroxylation is 1. The van der Waals surface area contributed by atoms with Gasteiger partial charge in [-0.05, 0) is 37.6 Å². The molecule has 1 aromatic carbocycles. The SMILES string of the molecule is CCc1c(C(=O)N2CCN(Cc3ccco3)CC2)cnn1-c1ccc(C)cc1. The van der Waals surface area contributed by atoms with Gasteiger partial charge in [0, 0.05) is 26.2 Å². The van der Waals surface area contributed by atoms with Crippen LogP contribution in [-0.4, -0.2) is 51.7 Å². The number of rotatable bonds is 5. The monoisotopic (exact) mass is 378 g/mol. The van der Waals surface area contributed by atoms with Crippen LogP contribution in [0.2, 0.25) is 0 Å². The van der Waals surface area contributed by atoms with E-state index in [-0.39, 0.29) is 5.91 Å². The molecule has 6 nitrogen and oxygen atoms in total. The molecular weight excluding hydrogens is 352 g/mol. The number of hydrogen-bond donors (Lipinski definition) is 0. The third-order valence-electron chi connectivity index (χ3n) is 5.33. The zero-order valence-electron chi connectivity index (χ0n) is 16.5. The van der Waals surface area contributed by atoms with E-state index in [1.54, 1.807) is 12.5 Å². The summed E-state index contributed by atoms with van der Waals surface area (Å²) in [5, 5.41) is 4.51. The fourth-order valence-corrected chi connectivity index (χ4v) is 3.70. The quantitative estimate of drug-likeness (QED) is 0.684. The maximum atomic E-state index is 13.1. The Morgan fingerprint density at radius 2 is 1.86 bits per heavy atom. The number of amides is 1. The second kappa shape index (κ2) is 8.02. The minimum Gasteiger partial charge on any atom is -0.468 e. The standard InChI is InChI=1S/C22H26N4O2/c1-3-21-20(15-23-26(21)18-8-6-17(2)7-9-18)22(27)25-12-10-24(11-13-25)16-19-5-4-14-28-19/h4-9,14-15H,3,10-13,16H2,1-2H3. The normalized spacial score (nSPS) is 15.1. The molecule has 0 aliphatic carbocycles. The Hall–Kier alpha value is -2.86. The summed E-state index contributed by atoms with van der Waals surface area (Å²) in [6, 6.07) is 12.1. The van der Waals surface area contributed by atoms with Crippen LogP contribution < -0.4 is 0 Å². The summed E-state index contributed by atoms with van der Waals surface area (Å²) in [6.07, 6.45) is 4.18. The zero-order chi connectivity index (χ0) is 19.5. The van der Waals surface area contributed by atoms with Gasteiger partial charge in [-0.1, -0.05) is 24.6 Å². The van der Waals surface area contributed by atoms with Gasteiger partial charge in [0.2, 0.25) is 0 Å². The first kappa shape index (κ1) is 18.5. The van der Waals surface area contributed by atoms with Crippen molar-refractivity contribution in [2.75, 3.05) is 26.2 Å². The molecule has 0 radical (unpaired) electrons. The van der Waals surface area contributed by atoms with E-state index in [1.807, 2.05) is 33.8 Å². The minimum absolute atomic E-state index is 0.0767. The van der Waals surface area contributed by atoms with E-state index in [2.05, 4.69) is 36.0 Å². The predicted molar refractivity (Wildman–Crippen MR) is 108 cm³/mol. The number of carbonyl (C=O) groups is 1. The summed E-state index contributed by atoms with van der Waals surface area (Å²) in [7, 11) is 0. The Kier molecular flexibility index (Phi) is 5.30. The fourth-order valence-electron chi connectivity index (χ4n) is 3.70. The third kappa shape index (κ3) is 3.73. The Labute approximate surface area is 165 Å². The Bertz CT molecular complexity index is 920. The van der Waals surface area contributed by atoms with Gasteiger partial charge in [-0.3, -0.25) is 9.69 Å². The first-order valence-corrected chi connectivity index (χ1v) is 9.83. The number of benzene rings is 1. The second-order valence-electron chi connectivity index (χ2n) is 7.25. The number of nitrogens with zero attached hydrogens (tertiary/aromatic N) is 4. The van der Waals surface area contributed by atoms with Gasteiger partial charge in [0.05, 0.1) is 35.9 Å². The lowest BCUT2D eigenvalue weighted by Crippen LogP contribution is -2.48. The number of hydrogen-bond acceptors (Lipinski definition) is 4. The molecule has 0 N–H and O–H groups in total. The van der Waals surface area contributed by atoms with Crippen LogP contribution >= 0.6 is 0 Å². The molecule has 0 spiro atoms. The summed E-state index contributed by atoms with van der Waals surface area (Å²) in [4.78, 5) is 17.4. The zero-order valence-corrected chi connectivity index (χ0v) is 16.5. The van der Waals surface area contributed by atoms with Gasteiger partial charge in [0.1, 0.15) is 5.76 Å². The molecule has 6 heteroatoms. The smallest absolute Gasteiger partial charge is 0.257 e. The number of furan rings is 1. The molecule has 1 aliphatic rings. The van der Waals surface area contributed by atoms with E-state index in [1.165, 1.54) is 5.56 Å². The Morgan fingerprint density at radius 1 is 1.11 bits per heavy atom. The topological polar surface area (TPSA) is 54.5 Å². The second-order valence-corrected chi connectivity index (χ2v) is 7.25.